The van der Waals surface area contributed by atoms with Gasteiger partial charge in [0, 0.05) is 6.20 Å². The number of hydrogen-bond donors (Lipinski definition) is 1. The van der Waals surface area contributed by atoms with Crippen molar-refractivity contribution in [3.05, 3.63) is 48.2 Å². The molecule has 5 nitrogen and oxygen atoms in total. The van der Waals surface area contributed by atoms with Crippen LogP contribution in [0.15, 0.2) is 42.6 Å². The Morgan fingerprint density at radius 2 is 1.95 bits per heavy atom. The Morgan fingerprint density at radius 3 is 2.57 bits per heavy atom. The predicted octanol–water partition coefficient (Wildman–Crippen LogP) is 3.29. The van der Waals surface area contributed by atoms with Crippen molar-refractivity contribution in [2.75, 3.05) is 0 Å². The molecular formula is C16H17NO4. The zero-order chi connectivity index (χ0) is 15.2. The van der Waals surface area contributed by atoms with Crippen LogP contribution in [0.25, 0.3) is 0 Å². The van der Waals surface area contributed by atoms with Gasteiger partial charge in [-0.15, -0.1) is 0 Å². The van der Waals surface area contributed by atoms with Crippen molar-refractivity contribution >= 4 is 5.97 Å². The molecule has 0 radical (unpaired) electrons. The molecule has 0 spiro atoms. The zero-order valence-corrected chi connectivity index (χ0v) is 11.9. The molecule has 1 aromatic carbocycles. The number of carboxylic acids is 1. The van der Waals surface area contributed by atoms with Gasteiger partial charge in [-0.2, -0.15) is 0 Å². The molecule has 0 aliphatic rings. The minimum atomic E-state index is -0.860. The Hall–Kier alpha value is -2.56. The molecule has 0 fully saturated rings. The number of aromatic nitrogens is 1. The van der Waals surface area contributed by atoms with Crippen molar-refractivity contribution in [3.63, 3.8) is 0 Å². The van der Waals surface area contributed by atoms with E-state index in [2.05, 4.69) is 4.98 Å². The van der Waals surface area contributed by atoms with Crippen molar-refractivity contribution in [3.8, 4) is 17.4 Å². The SMILES string of the molecule is CC(C)Oc1cccnc1Oc1ccc(CC(=O)O)cc1. The summed E-state index contributed by atoms with van der Waals surface area (Å²) in [6.07, 6.45) is 1.64. The Bertz CT molecular complexity index is 608. The summed E-state index contributed by atoms with van der Waals surface area (Å²) in [5, 5.41) is 8.73. The summed E-state index contributed by atoms with van der Waals surface area (Å²) in [5.41, 5.74) is 0.717. The van der Waals surface area contributed by atoms with E-state index >= 15 is 0 Å². The van der Waals surface area contributed by atoms with E-state index in [1.54, 1.807) is 42.6 Å². The minimum absolute atomic E-state index is 0.00836. The number of carbonyl (C=O) groups is 1. The van der Waals surface area contributed by atoms with Gasteiger partial charge in [0.15, 0.2) is 5.75 Å². The third-order valence-electron chi connectivity index (χ3n) is 2.59. The van der Waals surface area contributed by atoms with Crippen LogP contribution in [-0.4, -0.2) is 22.2 Å². The van der Waals surface area contributed by atoms with E-state index in [1.807, 2.05) is 13.8 Å². The van der Waals surface area contributed by atoms with Gasteiger partial charge in [-0.1, -0.05) is 12.1 Å². The molecule has 0 saturated carbocycles. The maximum absolute atomic E-state index is 10.6. The van der Waals surface area contributed by atoms with Crippen LogP contribution < -0.4 is 9.47 Å². The van der Waals surface area contributed by atoms with E-state index in [9.17, 15) is 4.79 Å². The third kappa shape index (κ3) is 4.49. The van der Waals surface area contributed by atoms with Crippen LogP contribution in [0.2, 0.25) is 0 Å². The summed E-state index contributed by atoms with van der Waals surface area (Å²) < 4.78 is 11.3. The molecule has 1 heterocycles. The molecule has 5 heteroatoms. The second kappa shape index (κ2) is 6.74. The van der Waals surface area contributed by atoms with Crippen LogP contribution in [0.1, 0.15) is 19.4 Å². The highest BCUT2D eigenvalue weighted by molar-refractivity contribution is 5.70. The third-order valence-corrected chi connectivity index (χ3v) is 2.59. The number of nitrogens with zero attached hydrogens (tertiary/aromatic N) is 1. The number of rotatable bonds is 6. The van der Waals surface area contributed by atoms with Crippen LogP contribution in [0, 0.1) is 0 Å². The number of benzene rings is 1. The van der Waals surface area contributed by atoms with Crippen molar-refractivity contribution in [1.29, 1.82) is 0 Å². The lowest BCUT2D eigenvalue weighted by molar-refractivity contribution is -0.136. The average molecular weight is 287 g/mol. The molecule has 0 saturated heterocycles. The normalized spacial score (nSPS) is 10.4. The lowest BCUT2D eigenvalue weighted by Crippen LogP contribution is -2.07. The van der Waals surface area contributed by atoms with Gasteiger partial charge in [-0.05, 0) is 43.7 Å². The van der Waals surface area contributed by atoms with Crippen molar-refractivity contribution < 1.29 is 19.4 Å². The van der Waals surface area contributed by atoms with E-state index in [0.717, 1.165) is 5.56 Å². The molecular weight excluding hydrogens is 270 g/mol. The van der Waals surface area contributed by atoms with Crippen LogP contribution in [0.5, 0.6) is 17.4 Å². The van der Waals surface area contributed by atoms with E-state index in [1.165, 1.54) is 0 Å². The molecule has 2 rings (SSSR count). The molecule has 0 bridgehead atoms. The molecule has 0 unspecified atom stereocenters. The van der Waals surface area contributed by atoms with Gasteiger partial charge in [0.2, 0.25) is 0 Å². The minimum Gasteiger partial charge on any atom is -0.485 e. The zero-order valence-electron chi connectivity index (χ0n) is 11.9. The summed E-state index contributed by atoms with van der Waals surface area (Å²) in [6.45, 7) is 3.86. The van der Waals surface area contributed by atoms with Crippen LogP contribution >= 0.6 is 0 Å². The largest absolute Gasteiger partial charge is 0.485 e. The van der Waals surface area contributed by atoms with E-state index in [-0.39, 0.29) is 12.5 Å². The summed E-state index contributed by atoms with van der Waals surface area (Å²) in [6, 6.07) is 10.4. The summed E-state index contributed by atoms with van der Waals surface area (Å²) in [4.78, 5) is 14.8. The molecule has 0 aliphatic carbocycles. The van der Waals surface area contributed by atoms with Crippen molar-refractivity contribution in [2.45, 2.75) is 26.4 Å². The number of ether oxygens (including phenoxy) is 2. The van der Waals surface area contributed by atoms with E-state index in [0.29, 0.717) is 17.4 Å². The second-order valence-corrected chi connectivity index (χ2v) is 4.79. The highest BCUT2D eigenvalue weighted by atomic mass is 16.5. The summed E-state index contributed by atoms with van der Waals surface area (Å²) >= 11 is 0. The van der Waals surface area contributed by atoms with E-state index in [4.69, 9.17) is 14.6 Å². The van der Waals surface area contributed by atoms with Crippen LogP contribution in [-0.2, 0) is 11.2 Å². The summed E-state index contributed by atoms with van der Waals surface area (Å²) in [7, 11) is 0. The molecule has 0 aliphatic heterocycles. The fourth-order valence-corrected chi connectivity index (χ4v) is 1.76. The van der Waals surface area contributed by atoms with Gasteiger partial charge in [-0.25, -0.2) is 4.98 Å². The Labute approximate surface area is 123 Å². The standard InChI is InChI=1S/C16H17NO4/c1-11(2)20-14-4-3-9-17-16(14)21-13-7-5-12(6-8-13)10-15(18)19/h3-9,11H,10H2,1-2H3,(H,18,19). The lowest BCUT2D eigenvalue weighted by Gasteiger charge is -2.13. The Morgan fingerprint density at radius 1 is 1.24 bits per heavy atom. The van der Waals surface area contributed by atoms with Gasteiger partial charge in [0.25, 0.3) is 5.88 Å². The van der Waals surface area contributed by atoms with Gasteiger partial charge < -0.3 is 14.6 Å². The molecule has 110 valence electrons. The number of hydrogen-bond acceptors (Lipinski definition) is 4. The predicted molar refractivity (Wildman–Crippen MR) is 77.9 cm³/mol. The first-order valence-electron chi connectivity index (χ1n) is 6.65. The quantitative estimate of drug-likeness (QED) is 0.883. The molecule has 1 N–H and O–H groups in total. The second-order valence-electron chi connectivity index (χ2n) is 4.79. The monoisotopic (exact) mass is 287 g/mol. The molecule has 2 aromatic rings. The first-order chi connectivity index (χ1) is 10.0. The maximum atomic E-state index is 10.6. The lowest BCUT2D eigenvalue weighted by atomic mass is 10.1. The Kier molecular flexibility index (Phi) is 4.77. The Balaban J connectivity index is 2.13. The smallest absolute Gasteiger partial charge is 0.307 e. The van der Waals surface area contributed by atoms with E-state index < -0.39 is 5.97 Å². The highest BCUT2D eigenvalue weighted by Crippen LogP contribution is 2.29. The maximum Gasteiger partial charge on any atom is 0.307 e. The average Bonchev–Trinajstić information content (AvgIpc) is 2.42. The van der Waals surface area contributed by atoms with Crippen molar-refractivity contribution in [2.24, 2.45) is 0 Å². The van der Waals surface area contributed by atoms with Gasteiger partial charge in [0.05, 0.1) is 12.5 Å². The number of aliphatic carboxylic acids is 1. The van der Waals surface area contributed by atoms with Crippen LogP contribution in [0.3, 0.4) is 0 Å². The molecule has 0 amide bonds. The number of pyridine rings is 1. The molecule has 21 heavy (non-hydrogen) atoms. The fourth-order valence-electron chi connectivity index (χ4n) is 1.76. The summed E-state index contributed by atoms with van der Waals surface area (Å²) in [5.74, 6) is 0.678. The first-order valence-corrected chi connectivity index (χ1v) is 6.65. The molecule has 1 aromatic heterocycles. The van der Waals surface area contributed by atoms with Gasteiger partial charge in [-0.3, -0.25) is 4.79 Å². The van der Waals surface area contributed by atoms with Crippen molar-refractivity contribution in [1.82, 2.24) is 4.98 Å². The highest BCUT2D eigenvalue weighted by Gasteiger charge is 2.09. The van der Waals surface area contributed by atoms with Gasteiger partial charge >= 0.3 is 5.97 Å². The first kappa shape index (κ1) is 14.8. The van der Waals surface area contributed by atoms with Gasteiger partial charge in [0.1, 0.15) is 5.75 Å². The van der Waals surface area contributed by atoms with Crippen LogP contribution in [0.4, 0.5) is 0 Å². The molecule has 0 atom stereocenters. The topological polar surface area (TPSA) is 68.7 Å². The number of carboxylic acid groups (broad SMARTS) is 1. The fraction of sp³-hybridized carbons (Fsp3) is 0.250.